The minimum atomic E-state index is 0. The summed E-state index contributed by atoms with van der Waals surface area (Å²) in [6, 6.07) is 7.17. The number of rotatable bonds is 10. The van der Waals surface area contributed by atoms with Crippen molar-refractivity contribution in [3.05, 3.63) is 29.3 Å². The van der Waals surface area contributed by atoms with Gasteiger partial charge in [0.05, 0.1) is 13.2 Å². The molecule has 1 aliphatic carbocycles. The molecule has 2 fully saturated rings. The Morgan fingerprint density at radius 3 is 2.76 bits per heavy atom. The molecule has 29 heavy (non-hydrogen) atoms. The molecule has 1 aliphatic heterocycles. The van der Waals surface area contributed by atoms with E-state index in [9.17, 15) is 0 Å². The maximum Gasteiger partial charge on any atom is 0.191 e. The van der Waals surface area contributed by atoms with Crippen LogP contribution >= 0.6 is 24.0 Å². The summed E-state index contributed by atoms with van der Waals surface area (Å²) in [6.45, 7) is 10.2. The summed E-state index contributed by atoms with van der Waals surface area (Å²) in [6.07, 6.45) is 4.09. The van der Waals surface area contributed by atoms with Crippen molar-refractivity contribution in [1.29, 1.82) is 0 Å². The van der Waals surface area contributed by atoms with Gasteiger partial charge in [0.2, 0.25) is 0 Å². The zero-order valence-corrected chi connectivity index (χ0v) is 20.4. The number of halogens is 1. The minimum absolute atomic E-state index is 0. The lowest BCUT2D eigenvalue weighted by Crippen LogP contribution is -2.40. The van der Waals surface area contributed by atoms with Gasteiger partial charge in [0.25, 0.3) is 0 Å². The van der Waals surface area contributed by atoms with Gasteiger partial charge in [-0.05, 0) is 57.2 Å². The summed E-state index contributed by atoms with van der Waals surface area (Å²) in [5, 5.41) is 6.92. The number of aliphatic imine (C=N–C) groups is 1. The smallest absolute Gasteiger partial charge is 0.191 e. The molecule has 164 valence electrons. The Morgan fingerprint density at radius 1 is 1.21 bits per heavy atom. The summed E-state index contributed by atoms with van der Waals surface area (Å²) >= 11 is 0. The molecule has 0 spiro atoms. The van der Waals surface area contributed by atoms with Crippen LogP contribution in [-0.4, -0.2) is 63.4 Å². The van der Waals surface area contributed by atoms with Gasteiger partial charge < -0.3 is 25.0 Å². The Hall–Kier alpha value is -1.06. The number of benzene rings is 1. The number of nitrogens with one attached hydrogen (secondary N) is 2. The zero-order chi connectivity index (χ0) is 19.8. The molecule has 0 radical (unpaired) electrons. The van der Waals surface area contributed by atoms with Crippen LogP contribution in [0, 0.1) is 12.8 Å². The molecule has 2 aliphatic rings. The minimum Gasteiger partial charge on any atom is -0.491 e. The van der Waals surface area contributed by atoms with Crippen LogP contribution in [0.1, 0.15) is 37.3 Å². The molecule has 0 bridgehead atoms. The van der Waals surface area contributed by atoms with E-state index in [0.29, 0.717) is 19.8 Å². The molecule has 2 N–H and O–H groups in total. The number of aryl methyl sites for hydroxylation is 1. The molecule has 1 unspecified atom stereocenters. The Labute approximate surface area is 192 Å². The Kier molecular flexibility index (Phi) is 10.5. The van der Waals surface area contributed by atoms with E-state index in [2.05, 4.69) is 47.6 Å². The van der Waals surface area contributed by atoms with E-state index in [1.165, 1.54) is 37.9 Å². The van der Waals surface area contributed by atoms with Crippen molar-refractivity contribution in [2.75, 3.05) is 46.5 Å². The van der Waals surface area contributed by atoms with Crippen molar-refractivity contribution in [3.63, 3.8) is 0 Å². The highest BCUT2D eigenvalue weighted by atomic mass is 127. The number of hydrogen-bond donors (Lipinski definition) is 2. The zero-order valence-electron chi connectivity index (χ0n) is 18.1. The SMILES string of the molecule is CCNC(=NCc1ccc(C)cc1OCCOC)NCC1CCN(C2CC2)C1.I. The van der Waals surface area contributed by atoms with Crippen LogP contribution < -0.4 is 15.4 Å². The predicted octanol–water partition coefficient (Wildman–Crippen LogP) is 3.18. The summed E-state index contributed by atoms with van der Waals surface area (Å²) in [5.41, 5.74) is 2.28. The summed E-state index contributed by atoms with van der Waals surface area (Å²) < 4.78 is 11.0. The third-order valence-corrected chi connectivity index (χ3v) is 5.46. The van der Waals surface area contributed by atoms with E-state index in [1.807, 2.05) is 0 Å². The van der Waals surface area contributed by atoms with Crippen molar-refractivity contribution in [3.8, 4) is 5.75 Å². The Bertz CT molecular complexity index is 652. The molecule has 1 saturated heterocycles. The highest BCUT2D eigenvalue weighted by Crippen LogP contribution is 2.31. The fourth-order valence-corrected chi connectivity index (χ4v) is 3.71. The fourth-order valence-electron chi connectivity index (χ4n) is 3.71. The number of nitrogens with zero attached hydrogens (tertiary/aromatic N) is 2. The van der Waals surface area contributed by atoms with Gasteiger partial charge in [0, 0.05) is 38.3 Å². The van der Waals surface area contributed by atoms with E-state index < -0.39 is 0 Å². The van der Waals surface area contributed by atoms with Crippen LogP contribution in [0.25, 0.3) is 0 Å². The van der Waals surface area contributed by atoms with Crippen molar-refractivity contribution >= 4 is 29.9 Å². The summed E-state index contributed by atoms with van der Waals surface area (Å²) in [7, 11) is 1.69. The molecule has 0 amide bonds. The number of methoxy groups -OCH3 is 1. The standard InChI is InChI=1S/C22H36N4O2.HI/c1-4-23-22(24-14-18-9-10-26(16-18)20-7-8-20)25-15-19-6-5-17(2)13-21(19)28-12-11-27-3;/h5-6,13,18,20H,4,7-12,14-16H2,1-3H3,(H2,23,24,25);1H. The van der Waals surface area contributed by atoms with E-state index >= 15 is 0 Å². The lowest BCUT2D eigenvalue weighted by Gasteiger charge is -2.17. The average Bonchev–Trinajstić information content (AvgIpc) is 3.43. The van der Waals surface area contributed by atoms with Gasteiger partial charge >= 0.3 is 0 Å². The van der Waals surface area contributed by atoms with Gasteiger partial charge in [0.1, 0.15) is 12.4 Å². The van der Waals surface area contributed by atoms with Gasteiger partial charge in [-0.3, -0.25) is 0 Å². The molecule has 1 heterocycles. The second-order valence-corrected chi connectivity index (χ2v) is 7.91. The first kappa shape index (κ1) is 24.2. The first-order chi connectivity index (χ1) is 13.7. The monoisotopic (exact) mass is 516 g/mol. The maximum atomic E-state index is 5.89. The largest absolute Gasteiger partial charge is 0.491 e. The molecule has 1 atom stereocenters. The molecule has 0 aromatic heterocycles. The normalized spacial score (nSPS) is 19.7. The molecular weight excluding hydrogens is 479 g/mol. The van der Waals surface area contributed by atoms with Crippen LogP contribution in [0.3, 0.4) is 0 Å². The first-order valence-electron chi connectivity index (χ1n) is 10.7. The van der Waals surface area contributed by atoms with Gasteiger partial charge in [-0.15, -0.1) is 24.0 Å². The molecular formula is C22H37IN4O2. The van der Waals surface area contributed by atoms with Gasteiger partial charge in [-0.2, -0.15) is 0 Å². The highest BCUT2D eigenvalue weighted by molar-refractivity contribution is 14.0. The summed E-state index contributed by atoms with van der Waals surface area (Å²) in [5.74, 6) is 2.50. The quantitative estimate of drug-likeness (QED) is 0.217. The molecule has 1 saturated carbocycles. The van der Waals surface area contributed by atoms with Crippen molar-refractivity contribution in [2.45, 2.75) is 45.7 Å². The number of guanidine groups is 1. The maximum absolute atomic E-state index is 5.89. The molecule has 6 nitrogen and oxygen atoms in total. The highest BCUT2D eigenvalue weighted by Gasteiger charge is 2.34. The lowest BCUT2D eigenvalue weighted by molar-refractivity contribution is 0.145. The number of likely N-dealkylation sites (tertiary alicyclic amines) is 1. The van der Waals surface area contributed by atoms with Crippen LogP contribution in [0.2, 0.25) is 0 Å². The van der Waals surface area contributed by atoms with Crippen molar-refractivity contribution in [1.82, 2.24) is 15.5 Å². The van der Waals surface area contributed by atoms with Crippen molar-refractivity contribution < 1.29 is 9.47 Å². The van der Waals surface area contributed by atoms with Gasteiger partial charge in [0.15, 0.2) is 5.96 Å². The van der Waals surface area contributed by atoms with Gasteiger partial charge in [-0.25, -0.2) is 4.99 Å². The van der Waals surface area contributed by atoms with Crippen LogP contribution in [0.5, 0.6) is 5.75 Å². The predicted molar refractivity (Wildman–Crippen MR) is 129 cm³/mol. The second kappa shape index (κ2) is 12.6. The molecule has 1 aromatic rings. The van der Waals surface area contributed by atoms with Crippen molar-refractivity contribution in [2.24, 2.45) is 10.9 Å². The second-order valence-electron chi connectivity index (χ2n) is 7.91. The Balaban J connectivity index is 0.00000300. The van der Waals surface area contributed by atoms with E-state index in [0.717, 1.165) is 42.3 Å². The molecule has 3 rings (SSSR count). The number of ether oxygens (including phenoxy) is 2. The van der Waals surface area contributed by atoms with E-state index in [-0.39, 0.29) is 24.0 Å². The third kappa shape index (κ3) is 7.94. The van der Waals surface area contributed by atoms with Crippen LogP contribution in [0.4, 0.5) is 0 Å². The number of hydrogen-bond acceptors (Lipinski definition) is 4. The molecule has 1 aromatic carbocycles. The van der Waals surface area contributed by atoms with Crippen LogP contribution in [0.15, 0.2) is 23.2 Å². The topological polar surface area (TPSA) is 58.1 Å². The van der Waals surface area contributed by atoms with Crippen LogP contribution in [-0.2, 0) is 11.3 Å². The van der Waals surface area contributed by atoms with E-state index in [4.69, 9.17) is 14.5 Å². The summed E-state index contributed by atoms with van der Waals surface area (Å²) in [4.78, 5) is 7.46. The fraction of sp³-hybridized carbons (Fsp3) is 0.682. The Morgan fingerprint density at radius 2 is 2.03 bits per heavy atom. The third-order valence-electron chi connectivity index (χ3n) is 5.46. The van der Waals surface area contributed by atoms with Gasteiger partial charge in [-0.1, -0.05) is 12.1 Å². The van der Waals surface area contributed by atoms with E-state index in [1.54, 1.807) is 7.11 Å². The molecule has 7 heteroatoms. The first-order valence-corrected chi connectivity index (χ1v) is 10.7. The average molecular weight is 516 g/mol. The lowest BCUT2D eigenvalue weighted by atomic mass is 10.1.